The Bertz CT molecular complexity index is 3280. The van der Waals surface area contributed by atoms with Crippen molar-refractivity contribution in [3.05, 3.63) is 165 Å². The molecule has 0 radical (unpaired) electrons. The molecule has 456 valence electrons. The van der Waals surface area contributed by atoms with E-state index in [2.05, 4.69) is 139 Å². The Labute approximate surface area is 511 Å². The van der Waals surface area contributed by atoms with Gasteiger partial charge in [0.25, 0.3) is 0 Å². The minimum absolute atomic E-state index is 0.0426. The molecule has 86 heavy (non-hydrogen) atoms. The molecule has 11 heteroatoms. The number of allylic oxidation sites excluding steroid dienone is 5. The van der Waals surface area contributed by atoms with Crippen LogP contribution in [0.2, 0.25) is 0 Å². The summed E-state index contributed by atoms with van der Waals surface area (Å²) in [5, 5.41) is 42.7. The van der Waals surface area contributed by atoms with Crippen LogP contribution in [0.3, 0.4) is 0 Å². The van der Waals surface area contributed by atoms with Gasteiger partial charge in [-0.05, 0) is 250 Å². The highest BCUT2D eigenvalue weighted by Gasteiger charge is 2.69. The predicted molar refractivity (Wildman–Crippen MR) is 341 cm³/mol. The summed E-state index contributed by atoms with van der Waals surface area (Å²) in [5.74, 6) is 2.38. The summed E-state index contributed by atoms with van der Waals surface area (Å²) >= 11 is 0. The van der Waals surface area contributed by atoms with Crippen LogP contribution in [-0.2, 0) is 45.0 Å². The molecule has 11 unspecified atom stereocenters. The number of carbonyl (C=O) groups excluding carboxylic acids is 2. The maximum absolute atomic E-state index is 15.4. The molecule has 3 saturated carbocycles. The van der Waals surface area contributed by atoms with Crippen LogP contribution in [0, 0.1) is 58.2 Å². The van der Waals surface area contributed by atoms with E-state index in [0.29, 0.717) is 54.5 Å². The largest absolute Gasteiger partial charge is 0.508 e. The summed E-state index contributed by atoms with van der Waals surface area (Å²) in [4.78, 5) is 30.7. The standard InChI is InChI=1S/C75H95N5O6/c1-5-47(33-48-13-8-6-9-14-48)38-65-75-30-24-59-60-21-22-61-64(85-72(83)68(61)69(60)75)25-29-74(56-27-32-79-66(39-56)76-4)28-23-54(41-74)71(80-45-63(82)52-16-10-7-11-17-52)55-35-49(34-51(37-55)44-78-42-46(2)3)26-31-77-43-50-15-12-18-53(36-50)58-20-19-57(81)40-62(58)67(59)70(75)73(84)86-65/h6,8-9,12-15,18-20,25,34-38,40,46-47,52,54,56,59-60,63,66,69,71,76-82H,5,7,10-11,16-17,21-24,26-33,39,41-45H2,1-4H3. The zero-order chi connectivity index (χ0) is 59.1. The van der Waals surface area contributed by atoms with Crippen molar-refractivity contribution >= 4 is 17.5 Å². The van der Waals surface area contributed by atoms with Gasteiger partial charge in [0, 0.05) is 42.7 Å². The van der Waals surface area contributed by atoms with Gasteiger partial charge in [0.2, 0.25) is 0 Å². The first-order valence-corrected chi connectivity index (χ1v) is 33.6. The molecule has 0 aromatic heterocycles. The molecule has 5 fully saturated rings. The lowest BCUT2D eigenvalue weighted by molar-refractivity contribution is -0.135. The van der Waals surface area contributed by atoms with Gasteiger partial charge >= 0.3 is 11.9 Å². The van der Waals surface area contributed by atoms with Gasteiger partial charge < -0.3 is 46.3 Å². The maximum Gasteiger partial charge on any atom is 0.340 e. The minimum Gasteiger partial charge on any atom is -0.508 e. The van der Waals surface area contributed by atoms with E-state index in [1.54, 1.807) is 6.07 Å². The molecule has 11 aliphatic rings. The number of phenols is 1. The molecule has 4 aromatic rings. The Balaban J connectivity index is 0.956. The third kappa shape index (κ3) is 11.6. The van der Waals surface area contributed by atoms with E-state index in [1.807, 2.05) is 12.1 Å². The molecule has 14 bridgehead atoms. The molecule has 11 nitrogen and oxygen atoms in total. The van der Waals surface area contributed by atoms with Gasteiger partial charge in [0.1, 0.15) is 17.3 Å². The third-order valence-electron chi connectivity index (χ3n) is 22.6. The molecule has 11 atom stereocenters. The predicted octanol–water partition coefficient (Wildman–Crippen LogP) is 13.1. The van der Waals surface area contributed by atoms with Crippen molar-refractivity contribution in [2.24, 2.45) is 58.2 Å². The van der Waals surface area contributed by atoms with Gasteiger partial charge in [-0.3, -0.25) is 0 Å². The van der Waals surface area contributed by atoms with Gasteiger partial charge in [0.05, 0.1) is 23.3 Å². The highest BCUT2D eigenvalue weighted by molar-refractivity contribution is 6.07. The van der Waals surface area contributed by atoms with E-state index in [-0.39, 0.29) is 59.0 Å². The monoisotopic (exact) mass is 1160 g/mol. The first kappa shape index (κ1) is 59.3. The molecule has 5 heterocycles. The lowest BCUT2D eigenvalue weighted by atomic mass is 9.44. The molecule has 15 rings (SSSR count). The van der Waals surface area contributed by atoms with Crippen molar-refractivity contribution in [3.63, 3.8) is 0 Å². The van der Waals surface area contributed by atoms with Crippen molar-refractivity contribution in [1.82, 2.24) is 26.6 Å². The lowest BCUT2D eigenvalue weighted by Crippen LogP contribution is -2.52. The van der Waals surface area contributed by atoms with Crippen LogP contribution >= 0.6 is 0 Å². The normalized spacial score (nSPS) is 30.5. The number of benzene rings is 4. The Morgan fingerprint density at radius 2 is 1.66 bits per heavy atom. The van der Waals surface area contributed by atoms with Crippen LogP contribution in [0.25, 0.3) is 16.7 Å². The molecule has 1 spiro atoms. The van der Waals surface area contributed by atoms with E-state index in [0.717, 1.165) is 161 Å². The molecule has 4 aromatic carbocycles. The molecule has 2 saturated heterocycles. The number of cyclic esters (lactones) is 1. The highest BCUT2D eigenvalue weighted by Crippen LogP contribution is 2.72. The van der Waals surface area contributed by atoms with Crippen molar-refractivity contribution in [2.75, 3.05) is 33.2 Å². The van der Waals surface area contributed by atoms with Gasteiger partial charge in [-0.25, -0.2) is 9.59 Å². The van der Waals surface area contributed by atoms with Crippen molar-refractivity contribution < 1.29 is 29.3 Å². The average Bonchev–Trinajstić information content (AvgIpc) is 1.40. The van der Waals surface area contributed by atoms with Crippen LogP contribution in [0.1, 0.15) is 163 Å². The van der Waals surface area contributed by atoms with Gasteiger partial charge in [0.15, 0.2) is 0 Å². The Hall–Kier alpha value is -5.66. The molecule has 6 aliphatic carbocycles. The van der Waals surface area contributed by atoms with E-state index >= 15 is 9.59 Å². The number of phenolic OH excluding ortho intramolecular Hbond substituents is 1. The fourth-order valence-electron chi connectivity index (χ4n) is 18.4. The first-order valence-electron chi connectivity index (χ1n) is 33.6. The number of piperidine rings is 1. The van der Waals surface area contributed by atoms with Crippen molar-refractivity contribution in [3.8, 4) is 16.9 Å². The van der Waals surface area contributed by atoms with E-state index < -0.39 is 11.5 Å². The van der Waals surface area contributed by atoms with Crippen LogP contribution in [0.5, 0.6) is 5.75 Å². The van der Waals surface area contributed by atoms with E-state index in [9.17, 15) is 10.2 Å². The number of nitrogens with one attached hydrogen (secondary N) is 5. The topological polar surface area (TPSA) is 153 Å². The van der Waals surface area contributed by atoms with Crippen LogP contribution in [0.15, 0.2) is 131 Å². The van der Waals surface area contributed by atoms with E-state index in [4.69, 9.17) is 9.47 Å². The average molecular weight is 1160 g/mol. The lowest BCUT2D eigenvalue weighted by Gasteiger charge is -2.56. The number of hydrogen-bond acceptors (Lipinski definition) is 11. The molecule has 7 N–H and O–H groups in total. The number of carbonyl (C=O) groups is 2. The number of ether oxygens (including phenoxy) is 2. The molecular formula is C75H95N5O6. The zero-order valence-corrected chi connectivity index (χ0v) is 51.7. The summed E-state index contributed by atoms with van der Waals surface area (Å²) in [6.07, 6.45) is 21.9. The Morgan fingerprint density at radius 3 is 2.49 bits per heavy atom. The summed E-state index contributed by atoms with van der Waals surface area (Å²) in [5.41, 5.74) is 11.7. The van der Waals surface area contributed by atoms with Crippen LogP contribution < -0.4 is 26.6 Å². The number of hydrogen-bond donors (Lipinski definition) is 7. The van der Waals surface area contributed by atoms with Crippen molar-refractivity contribution in [2.45, 2.75) is 168 Å². The molecular weight excluding hydrogens is 1070 g/mol. The SMILES string of the molecule is CCC(C=C1OC(=O)C2=C3c4cc(O)ccc4-c4cccc(c4)CNCCc4cc(CNCC(C)C)cc(c4)C(NCC(O)C4CCCCC4)C4CCC(C5CCNC(NC)C5)(CC=C5OC(=O)C6=C5CCC5C3CCC12C65)C4)Cc1ccccc1. The summed E-state index contributed by atoms with van der Waals surface area (Å²) in [6.45, 7) is 11.5. The molecule has 5 aliphatic heterocycles. The number of fused-ring (bicyclic) bond motifs is 5. The second-order valence-electron chi connectivity index (χ2n) is 28.1. The second kappa shape index (κ2) is 25.4. The maximum atomic E-state index is 15.4. The minimum atomic E-state index is -0.892. The van der Waals surface area contributed by atoms with Gasteiger partial charge in [-0.15, -0.1) is 0 Å². The number of aliphatic hydroxyl groups excluding tert-OH is 1. The van der Waals surface area contributed by atoms with Crippen LogP contribution in [0.4, 0.5) is 0 Å². The smallest absolute Gasteiger partial charge is 0.340 e. The summed E-state index contributed by atoms with van der Waals surface area (Å²) in [6, 6.07) is 32.4. The third-order valence-corrected chi connectivity index (χ3v) is 22.6. The second-order valence-corrected chi connectivity index (χ2v) is 28.1. The number of aromatic hydroxyl groups is 1. The Morgan fingerprint density at radius 1 is 0.802 bits per heavy atom. The summed E-state index contributed by atoms with van der Waals surface area (Å²) in [7, 11) is 2.08. The highest BCUT2D eigenvalue weighted by atomic mass is 16.6. The van der Waals surface area contributed by atoms with Crippen molar-refractivity contribution in [1.29, 1.82) is 0 Å². The number of esters is 2. The van der Waals surface area contributed by atoms with Crippen LogP contribution in [-0.4, -0.2) is 67.6 Å². The Kier molecular flexibility index (Phi) is 17.5. The fraction of sp³-hybridized carbons (Fsp3) is 0.547. The molecule has 0 amide bonds. The quantitative estimate of drug-likeness (QED) is 0.0604. The first-order chi connectivity index (χ1) is 41.9. The number of rotatable bonds is 14. The fourth-order valence-corrected chi connectivity index (χ4v) is 18.4. The van der Waals surface area contributed by atoms with Gasteiger partial charge in [-0.1, -0.05) is 113 Å². The number of aliphatic hydroxyl groups is 1. The van der Waals surface area contributed by atoms with E-state index in [1.165, 1.54) is 41.5 Å². The van der Waals surface area contributed by atoms with Gasteiger partial charge in [-0.2, -0.15) is 0 Å². The summed E-state index contributed by atoms with van der Waals surface area (Å²) < 4.78 is 13.5. The zero-order valence-electron chi connectivity index (χ0n) is 51.7.